The maximum atomic E-state index is 5.78. The first-order valence-electron chi connectivity index (χ1n) is 9.63. The van der Waals surface area contributed by atoms with Gasteiger partial charge >= 0.3 is 0 Å². The highest BCUT2D eigenvalue weighted by molar-refractivity contribution is 5.88. The second kappa shape index (κ2) is 7.94. The number of rotatable bonds is 5. The monoisotopic (exact) mass is 387 g/mol. The Kier molecular flexibility index (Phi) is 4.85. The summed E-state index contributed by atoms with van der Waals surface area (Å²) in [6.45, 7) is 3.11. The zero-order valence-electron chi connectivity index (χ0n) is 15.8. The van der Waals surface area contributed by atoms with Crippen molar-refractivity contribution in [3.05, 3.63) is 61.4 Å². The standard InChI is InChI=1S/C21H21N7O/c1-3-16(28-9-7-23-14-28)4-2-15(1)18-11-19-20(25-6-5-24-19)21(27-18)26-13-17-12-22-8-10-29-17/h1-7,9,11,14,17,22H,8,10,12-13H2,(H,26,27). The Balaban J connectivity index is 1.46. The zero-order valence-corrected chi connectivity index (χ0v) is 15.8. The van der Waals surface area contributed by atoms with Gasteiger partial charge < -0.3 is 19.9 Å². The second-order valence-electron chi connectivity index (χ2n) is 6.87. The Morgan fingerprint density at radius 1 is 1.14 bits per heavy atom. The fourth-order valence-electron chi connectivity index (χ4n) is 3.42. The number of fused-ring (bicyclic) bond motifs is 1. The average molecular weight is 387 g/mol. The van der Waals surface area contributed by atoms with Gasteiger partial charge in [-0.15, -0.1) is 0 Å². The minimum atomic E-state index is 0.107. The molecule has 8 heteroatoms. The number of imidazole rings is 1. The van der Waals surface area contributed by atoms with Crippen LogP contribution >= 0.6 is 0 Å². The Morgan fingerprint density at radius 3 is 2.83 bits per heavy atom. The van der Waals surface area contributed by atoms with Crippen LogP contribution in [0.15, 0.2) is 61.4 Å². The fourth-order valence-corrected chi connectivity index (χ4v) is 3.42. The summed E-state index contributed by atoms with van der Waals surface area (Å²) in [7, 11) is 0. The lowest BCUT2D eigenvalue weighted by molar-refractivity contribution is 0.0372. The van der Waals surface area contributed by atoms with Crippen molar-refractivity contribution in [1.29, 1.82) is 0 Å². The van der Waals surface area contributed by atoms with Crippen LogP contribution in [0.1, 0.15) is 0 Å². The van der Waals surface area contributed by atoms with Crippen molar-refractivity contribution in [1.82, 2.24) is 29.8 Å². The van der Waals surface area contributed by atoms with Crippen LogP contribution in [-0.2, 0) is 4.74 Å². The third kappa shape index (κ3) is 3.80. The maximum Gasteiger partial charge on any atom is 0.154 e. The number of morpholine rings is 1. The van der Waals surface area contributed by atoms with E-state index in [1.165, 1.54) is 0 Å². The molecule has 0 amide bonds. The molecule has 1 aliphatic heterocycles. The molecule has 0 aliphatic carbocycles. The average Bonchev–Trinajstić information content (AvgIpc) is 3.33. The van der Waals surface area contributed by atoms with Gasteiger partial charge in [-0.05, 0) is 18.2 Å². The van der Waals surface area contributed by atoms with Crippen molar-refractivity contribution in [2.75, 3.05) is 31.6 Å². The highest BCUT2D eigenvalue weighted by atomic mass is 16.5. The van der Waals surface area contributed by atoms with Crippen molar-refractivity contribution in [2.24, 2.45) is 0 Å². The molecule has 1 aromatic carbocycles. The van der Waals surface area contributed by atoms with Crippen molar-refractivity contribution < 1.29 is 4.74 Å². The molecular formula is C21H21N7O. The van der Waals surface area contributed by atoms with Crippen LogP contribution < -0.4 is 10.6 Å². The van der Waals surface area contributed by atoms with Gasteiger partial charge in [-0.3, -0.25) is 4.98 Å². The summed E-state index contributed by atoms with van der Waals surface area (Å²) in [4.78, 5) is 17.9. The van der Waals surface area contributed by atoms with Gasteiger partial charge in [0.2, 0.25) is 0 Å². The van der Waals surface area contributed by atoms with Gasteiger partial charge in [0.25, 0.3) is 0 Å². The summed E-state index contributed by atoms with van der Waals surface area (Å²) < 4.78 is 7.75. The van der Waals surface area contributed by atoms with E-state index < -0.39 is 0 Å². The maximum absolute atomic E-state index is 5.78. The summed E-state index contributed by atoms with van der Waals surface area (Å²) in [6.07, 6.45) is 8.96. The molecule has 0 spiro atoms. The Bertz CT molecular complexity index is 1090. The van der Waals surface area contributed by atoms with E-state index in [1.807, 2.05) is 29.0 Å². The Labute approximate surface area is 168 Å². The number of hydrogen-bond donors (Lipinski definition) is 2. The molecule has 1 atom stereocenters. The lowest BCUT2D eigenvalue weighted by Crippen LogP contribution is -2.42. The fraction of sp³-hybridized carbons (Fsp3) is 0.238. The predicted molar refractivity (Wildman–Crippen MR) is 111 cm³/mol. The minimum absolute atomic E-state index is 0.107. The number of hydrogen-bond acceptors (Lipinski definition) is 7. The van der Waals surface area contributed by atoms with Gasteiger partial charge in [0.15, 0.2) is 5.82 Å². The normalized spacial score (nSPS) is 16.8. The quantitative estimate of drug-likeness (QED) is 0.543. The molecule has 0 radical (unpaired) electrons. The molecular weight excluding hydrogens is 366 g/mol. The number of ether oxygens (including phenoxy) is 1. The van der Waals surface area contributed by atoms with E-state index in [2.05, 4.69) is 37.7 Å². The van der Waals surface area contributed by atoms with Gasteiger partial charge in [0.1, 0.15) is 5.52 Å². The van der Waals surface area contributed by atoms with Gasteiger partial charge in [0, 0.05) is 55.7 Å². The van der Waals surface area contributed by atoms with Crippen LogP contribution in [0.5, 0.6) is 0 Å². The van der Waals surface area contributed by atoms with Gasteiger partial charge in [-0.25, -0.2) is 15.0 Å². The van der Waals surface area contributed by atoms with E-state index >= 15 is 0 Å². The summed E-state index contributed by atoms with van der Waals surface area (Å²) in [5, 5.41) is 6.75. The molecule has 3 aromatic heterocycles. The molecule has 1 fully saturated rings. The number of anilines is 1. The lowest BCUT2D eigenvalue weighted by atomic mass is 10.1. The number of pyridine rings is 1. The second-order valence-corrected chi connectivity index (χ2v) is 6.87. The summed E-state index contributed by atoms with van der Waals surface area (Å²) in [6, 6.07) is 10.2. The Hall–Kier alpha value is -3.36. The number of aromatic nitrogens is 5. The molecule has 1 saturated heterocycles. The molecule has 0 bridgehead atoms. The molecule has 1 aliphatic rings. The molecule has 1 unspecified atom stereocenters. The van der Waals surface area contributed by atoms with Crippen LogP contribution in [-0.4, -0.2) is 56.8 Å². The van der Waals surface area contributed by atoms with Crippen LogP contribution in [0.25, 0.3) is 28.0 Å². The van der Waals surface area contributed by atoms with E-state index in [9.17, 15) is 0 Å². The van der Waals surface area contributed by atoms with Crippen molar-refractivity contribution >= 4 is 16.9 Å². The van der Waals surface area contributed by atoms with Crippen LogP contribution in [0.2, 0.25) is 0 Å². The van der Waals surface area contributed by atoms with E-state index in [0.29, 0.717) is 6.54 Å². The van der Waals surface area contributed by atoms with Crippen molar-refractivity contribution in [3.63, 3.8) is 0 Å². The molecule has 8 nitrogen and oxygen atoms in total. The van der Waals surface area contributed by atoms with Crippen LogP contribution in [0, 0.1) is 0 Å². The lowest BCUT2D eigenvalue weighted by Gasteiger charge is -2.24. The zero-order chi connectivity index (χ0) is 19.5. The molecule has 4 aromatic rings. The highest BCUT2D eigenvalue weighted by Crippen LogP contribution is 2.26. The first kappa shape index (κ1) is 17.7. The molecule has 5 rings (SSSR count). The summed E-state index contributed by atoms with van der Waals surface area (Å²) in [5.41, 5.74) is 4.48. The van der Waals surface area contributed by atoms with E-state index in [4.69, 9.17) is 9.72 Å². The van der Waals surface area contributed by atoms with E-state index in [1.54, 1.807) is 24.9 Å². The Morgan fingerprint density at radius 2 is 2.03 bits per heavy atom. The predicted octanol–water partition coefficient (Wildman–Crippen LogP) is 2.28. The topological polar surface area (TPSA) is 89.8 Å². The number of nitrogens with zero attached hydrogens (tertiary/aromatic N) is 5. The van der Waals surface area contributed by atoms with Gasteiger partial charge in [-0.1, -0.05) is 12.1 Å². The molecule has 4 heterocycles. The van der Waals surface area contributed by atoms with Crippen molar-refractivity contribution in [2.45, 2.75) is 6.10 Å². The van der Waals surface area contributed by atoms with E-state index in [0.717, 1.165) is 53.5 Å². The smallest absolute Gasteiger partial charge is 0.154 e. The first-order valence-corrected chi connectivity index (χ1v) is 9.63. The summed E-state index contributed by atoms with van der Waals surface area (Å²) >= 11 is 0. The molecule has 2 N–H and O–H groups in total. The van der Waals surface area contributed by atoms with E-state index in [-0.39, 0.29) is 6.10 Å². The summed E-state index contributed by atoms with van der Waals surface area (Å²) in [5.74, 6) is 0.721. The molecule has 29 heavy (non-hydrogen) atoms. The minimum Gasteiger partial charge on any atom is -0.374 e. The third-order valence-electron chi connectivity index (χ3n) is 4.92. The van der Waals surface area contributed by atoms with Crippen LogP contribution in [0.4, 0.5) is 5.82 Å². The largest absolute Gasteiger partial charge is 0.374 e. The highest BCUT2D eigenvalue weighted by Gasteiger charge is 2.15. The first-order chi connectivity index (χ1) is 14.4. The number of nitrogens with one attached hydrogen (secondary N) is 2. The third-order valence-corrected chi connectivity index (χ3v) is 4.92. The molecule has 0 saturated carbocycles. The van der Waals surface area contributed by atoms with Gasteiger partial charge in [-0.2, -0.15) is 0 Å². The van der Waals surface area contributed by atoms with Crippen LogP contribution in [0.3, 0.4) is 0 Å². The van der Waals surface area contributed by atoms with Gasteiger partial charge in [0.05, 0.1) is 30.2 Å². The number of benzene rings is 1. The van der Waals surface area contributed by atoms with Crippen molar-refractivity contribution in [3.8, 4) is 16.9 Å². The SMILES string of the molecule is c1cn(-c2ccc(-c3cc4nccnc4c(NCC4CNCCO4)n3)cc2)cn1. The molecule has 146 valence electrons.